The number of rotatable bonds is 8. The zero-order valence-corrected chi connectivity index (χ0v) is 16.5. The average Bonchev–Trinajstić information content (AvgIpc) is 3.07. The number of hydrogen-bond acceptors (Lipinski definition) is 4. The standard InChI is InChI=1S/C17H24F2N2O3S2/c1-12(17(22)20-9-10-25-14-5-3-4-6-14)21(26(2,23)24)13-7-8-15(18)16(19)11-13/h7-8,11-12,14H,3-6,9-10H2,1-2H3,(H,20,22)/t12-/m0/s1. The Labute approximate surface area is 157 Å². The summed E-state index contributed by atoms with van der Waals surface area (Å²) in [5.41, 5.74) is -0.0885. The molecule has 1 atom stereocenters. The molecular formula is C17H24F2N2O3S2. The predicted octanol–water partition coefficient (Wildman–Crippen LogP) is 2.91. The first-order valence-electron chi connectivity index (χ1n) is 8.54. The molecular weight excluding hydrogens is 382 g/mol. The maximum Gasteiger partial charge on any atom is 0.243 e. The summed E-state index contributed by atoms with van der Waals surface area (Å²) in [6.45, 7) is 1.85. The summed E-state index contributed by atoms with van der Waals surface area (Å²) in [6.07, 6.45) is 5.82. The van der Waals surface area contributed by atoms with Crippen molar-refractivity contribution in [2.45, 2.75) is 43.9 Å². The van der Waals surface area contributed by atoms with Crippen molar-refractivity contribution in [1.29, 1.82) is 0 Å². The number of nitrogens with zero attached hydrogens (tertiary/aromatic N) is 1. The quantitative estimate of drug-likeness (QED) is 0.674. The lowest BCUT2D eigenvalue weighted by molar-refractivity contribution is -0.121. The lowest BCUT2D eigenvalue weighted by Crippen LogP contribution is -2.48. The summed E-state index contributed by atoms with van der Waals surface area (Å²) in [6, 6.07) is 1.67. The van der Waals surface area contributed by atoms with E-state index in [0.717, 1.165) is 34.5 Å². The molecule has 0 saturated heterocycles. The first kappa shape index (κ1) is 21.0. The van der Waals surface area contributed by atoms with Crippen LogP contribution < -0.4 is 9.62 Å². The number of carbonyl (C=O) groups is 1. The van der Waals surface area contributed by atoms with Crippen LogP contribution in [0.4, 0.5) is 14.5 Å². The van der Waals surface area contributed by atoms with Crippen LogP contribution in [0.3, 0.4) is 0 Å². The van der Waals surface area contributed by atoms with Gasteiger partial charge in [0.2, 0.25) is 15.9 Å². The van der Waals surface area contributed by atoms with E-state index in [0.29, 0.717) is 11.8 Å². The summed E-state index contributed by atoms with van der Waals surface area (Å²) >= 11 is 1.81. The van der Waals surface area contributed by atoms with E-state index in [1.54, 1.807) is 0 Å². The molecule has 0 spiro atoms. The van der Waals surface area contributed by atoms with Crippen LogP contribution in [0, 0.1) is 11.6 Å². The second-order valence-electron chi connectivity index (χ2n) is 6.40. The van der Waals surface area contributed by atoms with Gasteiger partial charge in [-0.3, -0.25) is 9.10 Å². The zero-order valence-electron chi connectivity index (χ0n) is 14.9. The predicted molar refractivity (Wildman–Crippen MR) is 101 cm³/mol. The number of thioether (sulfide) groups is 1. The van der Waals surface area contributed by atoms with E-state index in [4.69, 9.17) is 0 Å². The maximum absolute atomic E-state index is 13.5. The molecule has 1 aliphatic rings. The van der Waals surface area contributed by atoms with Crippen LogP contribution in [0.5, 0.6) is 0 Å². The van der Waals surface area contributed by atoms with Gasteiger partial charge < -0.3 is 5.32 Å². The van der Waals surface area contributed by atoms with Crippen LogP contribution in [0.15, 0.2) is 18.2 Å². The molecule has 0 aromatic heterocycles. The Morgan fingerprint density at radius 2 is 1.96 bits per heavy atom. The molecule has 9 heteroatoms. The highest BCUT2D eigenvalue weighted by atomic mass is 32.2. The van der Waals surface area contributed by atoms with Crippen molar-refractivity contribution in [2.75, 3.05) is 22.9 Å². The Kier molecular flexibility index (Phi) is 7.28. The Morgan fingerprint density at radius 1 is 1.31 bits per heavy atom. The van der Waals surface area contributed by atoms with Crippen molar-refractivity contribution in [2.24, 2.45) is 0 Å². The summed E-state index contributed by atoms with van der Waals surface area (Å²) < 4.78 is 51.6. The van der Waals surface area contributed by atoms with Crippen molar-refractivity contribution in [1.82, 2.24) is 5.32 Å². The second-order valence-corrected chi connectivity index (χ2v) is 9.67. The van der Waals surface area contributed by atoms with Gasteiger partial charge in [-0.1, -0.05) is 12.8 Å². The molecule has 0 aliphatic heterocycles. The largest absolute Gasteiger partial charge is 0.353 e. The second kappa shape index (κ2) is 9.03. The number of nitrogens with one attached hydrogen (secondary N) is 1. The third-order valence-electron chi connectivity index (χ3n) is 4.30. The smallest absolute Gasteiger partial charge is 0.243 e. The van der Waals surface area contributed by atoms with Gasteiger partial charge >= 0.3 is 0 Å². The average molecular weight is 407 g/mol. The molecule has 146 valence electrons. The summed E-state index contributed by atoms with van der Waals surface area (Å²) in [5, 5.41) is 3.36. The fourth-order valence-corrected chi connectivity index (χ4v) is 5.42. The number of carbonyl (C=O) groups excluding carboxylic acids is 1. The molecule has 1 saturated carbocycles. The van der Waals surface area contributed by atoms with Gasteiger partial charge in [-0.25, -0.2) is 17.2 Å². The monoisotopic (exact) mass is 406 g/mol. The van der Waals surface area contributed by atoms with Crippen LogP contribution in [0.1, 0.15) is 32.6 Å². The minimum Gasteiger partial charge on any atom is -0.353 e. The van der Waals surface area contributed by atoms with E-state index in [1.165, 1.54) is 32.6 Å². The van der Waals surface area contributed by atoms with Gasteiger partial charge in [0.15, 0.2) is 11.6 Å². The van der Waals surface area contributed by atoms with Crippen molar-refractivity contribution < 1.29 is 22.0 Å². The Hall–Kier alpha value is -1.35. The molecule has 1 amide bonds. The molecule has 0 unspecified atom stereocenters. The lowest BCUT2D eigenvalue weighted by Gasteiger charge is -2.28. The Morgan fingerprint density at radius 3 is 2.54 bits per heavy atom. The van der Waals surface area contributed by atoms with Crippen molar-refractivity contribution in [3.8, 4) is 0 Å². The zero-order chi connectivity index (χ0) is 19.3. The first-order chi connectivity index (χ1) is 12.2. The van der Waals surface area contributed by atoms with E-state index in [1.807, 2.05) is 11.8 Å². The molecule has 0 radical (unpaired) electrons. The van der Waals surface area contributed by atoms with Gasteiger partial charge in [0, 0.05) is 23.6 Å². The SMILES string of the molecule is C[C@@H](C(=O)NCCSC1CCCC1)N(c1ccc(F)c(F)c1)S(C)(=O)=O. The summed E-state index contributed by atoms with van der Waals surface area (Å²) in [5.74, 6) is -1.97. The molecule has 0 heterocycles. The van der Waals surface area contributed by atoms with Gasteiger partial charge in [0.25, 0.3) is 0 Å². The molecule has 1 N–H and O–H groups in total. The number of amides is 1. The minimum atomic E-state index is -3.86. The highest BCUT2D eigenvalue weighted by Crippen LogP contribution is 2.29. The van der Waals surface area contributed by atoms with Crippen molar-refractivity contribution in [3.63, 3.8) is 0 Å². The molecule has 1 fully saturated rings. The van der Waals surface area contributed by atoms with Crippen molar-refractivity contribution >= 4 is 33.4 Å². The lowest BCUT2D eigenvalue weighted by atomic mass is 10.2. The Bertz CT molecular complexity index is 738. The highest BCUT2D eigenvalue weighted by Gasteiger charge is 2.29. The summed E-state index contributed by atoms with van der Waals surface area (Å²) in [4.78, 5) is 12.4. The minimum absolute atomic E-state index is 0.0885. The summed E-state index contributed by atoms with van der Waals surface area (Å²) in [7, 11) is -3.86. The molecule has 2 rings (SSSR count). The van der Waals surface area contributed by atoms with Gasteiger partial charge in [-0.15, -0.1) is 0 Å². The maximum atomic E-state index is 13.5. The van der Waals surface area contributed by atoms with Crippen LogP contribution in [0.25, 0.3) is 0 Å². The number of sulfonamides is 1. The van der Waals surface area contributed by atoms with E-state index in [9.17, 15) is 22.0 Å². The van der Waals surface area contributed by atoms with Crippen molar-refractivity contribution in [3.05, 3.63) is 29.8 Å². The first-order valence-corrected chi connectivity index (χ1v) is 11.4. The van der Waals surface area contributed by atoms with Gasteiger partial charge in [0.05, 0.1) is 11.9 Å². The van der Waals surface area contributed by atoms with Gasteiger partial charge in [-0.2, -0.15) is 11.8 Å². The van der Waals surface area contributed by atoms with Crippen LogP contribution in [0.2, 0.25) is 0 Å². The number of benzene rings is 1. The van der Waals surface area contributed by atoms with E-state index >= 15 is 0 Å². The normalized spacial score (nSPS) is 16.5. The molecule has 0 bridgehead atoms. The highest BCUT2D eigenvalue weighted by molar-refractivity contribution is 7.99. The van der Waals surface area contributed by atoms with Gasteiger partial charge in [-0.05, 0) is 31.9 Å². The van der Waals surface area contributed by atoms with Crippen LogP contribution in [-0.4, -0.2) is 44.2 Å². The molecule has 1 aliphatic carbocycles. The van der Waals surface area contributed by atoms with Gasteiger partial charge in [0.1, 0.15) is 6.04 Å². The molecule has 1 aromatic rings. The fraction of sp³-hybridized carbons (Fsp3) is 0.588. The third kappa shape index (κ3) is 5.57. The van der Waals surface area contributed by atoms with Crippen LogP contribution in [-0.2, 0) is 14.8 Å². The number of anilines is 1. The van der Waals surface area contributed by atoms with E-state index in [-0.39, 0.29) is 5.69 Å². The number of hydrogen-bond donors (Lipinski definition) is 1. The van der Waals surface area contributed by atoms with E-state index < -0.39 is 33.6 Å². The molecule has 26 heavy (non-hydrogen) atoms. The number of halogens is 2. The Balaban J connectivity index is 2.00. The third-order valence-corrected chi connectivity index (χ3v) is 6.93. The molecule has 1 aromatic carbocycles. The fourth-order valence-electron chi connectivity index (χ4n) is 3.03. The van der Waals surface area contributed by atoms with E-state index in [2.05, 4.69) is 5.32 Å². The topological polar surface area (TPSA) is 66.5 Å². The molecule has 5 nitrogen and oxygen atoms in total. The van der Waals surface area contributed by atoms with Crippen LogP contribution >= 0.6 is 11.8 Å².